The summed E-state index contributed by atoms with van der Waals surface area (Å²) in [5.74, 6) is 2.81. The van der Waals surface area contributed by atoms with E-state index in [9.17, 15) is 0 Å². The van der Waals surface area contributed by atoms with Crippen molar-refractivity contribution in [1.29, 1.82) is 0 Å². The minimum absolute atomic E-state index is 0.609. The van der Waals surface area contributed by atoms with Gasteiger partial charge >= 0.3 is 0 Å². The van der Waals surface area contributed by atoms with E-state index in [-0.39, 0.29) is 0 Å². The Morgan fingerprint density at radius 2 is 1.61 bits per heavy atom. The van der Waals surface area contributed by atoms with Gasteiger partial charge in [0, 0.05) is 24.8 Å². The Morgan fingerprint density at radius 1 is 0.821 bits per heavy atom. The summed E-state index contributed by atoms with van der Waals surface area (Å²) >= 11 is 0. The molecule has 0 bridgehead atoms. The fourth-order valence-electron chi connectivity index (χ4n) is 2.90. The molecule has 0 unspecified atom stereocenters. The maximum absolute atomic E-state index is 5.36. The lowest BCUT2D eigenvalue weighted by Crippen LogP contribution is -2.08. The molecule has 1 aromatic heterocycles. The molecule has 0 atom stereocenters. The van der Waals surface area contributed by atoms with Gasteiger partial charge in [0.05, 0.1) is 14.2 Å². The third-order valence-electron chi connectivity index (χ3n) is 4.47. The number of benzene rings is 2. The van der Waals surface area contributed by atoms with Crippen LogP contribution in [0, 0.1) is 13.8 Å². The molecule has 146 valence electrons. The number of hydrogen-bond donors (Lipinski definition) is 2. The van der Waals surface area contributed by atoms with Crippen molar-refractivity contribution < 1.29 is 9.47 Å². The van der Waals surface area contributed by atoms with E-state index >= 15 is 0 Å². The highest BCUT2D eigenvalue weighted by atomic mass is 16.5. The lowest BCUT2D eigenvalue weighted by Gasteiger charge is -2.12. The summed E-state index contributed by atoms with van der Waals surface area (Å²) in [6.45, 7) is 5.37. The maximum Gasteiger partial charge on any atom is 0.225 e. The molecule has 0 saturated carbocycles. The highest BCUT2D eigenvalue weighted by Crippen LogP contribution is 2.27. The van der Waals surface area contributed by atoms with Gasteiger partial charge in [0.25, 0.3) is 0 Å². The van der Waals surface area contributed by atoms with Gasteiger partial charge in [-0.05, 0) is 42.7 Å². The molecular formula is C22H26N4O2. The fraction of sp³-hybridized carbons (Fsp3) is 0.273. The Bertz CT molecular complexity index is 944. The van der Waals surface area contributed by atoms with Gasteiger partial charge in [-0.25, -0.2) is 4.98 Å². The van der Waals surface area contributed by atoms with Crippen molar-refractivity contribution in [3.63, 3.8) is 0 Å². The SMILES string of the molecule is COc1ccc(CNc2cc(C)nc(NCc3ccccc3C)n2)cc1OC. The summed E-state index contributed by atoms with van der Waals surface area (Å²) in [6, 6.07) is 16.1. The van der Waals surface area contributed by atoms with Crippen LogP contribution in [0.2, 0.25) is 0 Å². The molecule has 28 heavy (non-hydrogen) atoms. The first-order valence-electron chi connectivity index (χ1n) is 9.18. The molecule has 0 spiro atoms. The Balaban J connectivity index is 1.67. The summed E-state index contributed by atoms with van der Waals surface area (Å²) in [7, 11) is 3.26. The molecule has 0 fully saturated rings. The lowest BCUT2D eigenvalue weighted by atomic mass is 10.1. The third-order valence-corrected chi connectivity index (χ3v) is 4.47. The Labute approximate surface area is 166 Å². The van der Waals surface area contributed by atoms with Crippen LogP contribution in [-0.4, -0.2) is 24.2 Å². The molecule has 6 nitrogen and oxygen atoms in total. The van der Waals surface area contributed by atoms with Crippen LogP contribution in [0.4, 0.5) is 11.8 Å². The summed E-state index contributed by atoms with van der Waals surface area (Å²) in [5.41, 5.74) is 4.45. The van der Waals surface area contributed by atoms with E-state index in [4.69, 9.17) is 9.47 Å². The van der Waals surface area contributed by atoms with E-state index in [1.807, 2.05) is 43.3 Å². The van der Waals surface area contributed by atoms with E-state index in [1.165, 1.54) is 11.1 Å². The smallest absolute Gasteiger partial charge is 0.225 e. The van der Waals surface area contributed by atoms with Crippen LogP contribution in [0.5, 0.6) is 11.5 Å². The van der Waals surface area contributed by atoms with E-state index in [2.05, 4.69) is 39.7 Å². The molecule has 3 aromatic rings. The number of hydrogen-bond acceptors (Lipinski definition) is 6. The predicted molar refractivity (Wildman–Crippen MR) is 112 cm³/mol. The Hall–Kier alpha value is -3.28. The molecule has 6 heteroatoms. The number of aromatic nitrogens is 2. The van der Waals surface area contributed by atoms with Crippen LogP contribution in [0.3, 0.4) is 0 Å². The van der Waals surface area contributed by atoms with Crippen LogP contribution in [0.1, 0.15) is 22.4 Å². The number of nitrogens with one attached hydrogen (secondary N) is 2. The molecule has 0 aliphatic carbocycles. The van der Waals surface area contributed by atoms with Crippen molar-refractivity contribution >= 4 is 11.8 Å². The number of rotatable bonds is 8. The quantitative estimate of drug-likeness (QED) is 0.608. The van der Waals surface area contributed by atoms with Gasteiger partial charge in [0.2, 0.25) is 5.95 Å². The molecular weight excluding hydrogens is 352 g/mol. The van der Waals surface area contributed by atoms with Gasteiger partial charge < -0.3 is 20.1 Å². The van der Waals surface area contributed by atoms with Gasteiger partial charge in [-0.2, -0.15) is 4.98 Å². The number of methoxy groups -OCH3 is 2. The van der Waals surface area contributed by atoms with Gasteiger partial charge in [-0.1, -0.05) is 30.3 Å². The van der Waals surface area contributed by atoms with E-state index in [0.29, 0.717) is 30.5 Å². The number of anilines is 2. The molecule has 3 rings (SSSR count). The zero-order valence-electron chi connectivity index (χ0n) is 16.7. The topological polar surface area (TPSA) is 68.3 Å². The highest BCUT2D eigenvalue weighted by molar-refractivity contribution is 5.46. The first-order valence-corrected chi connectivity index (χ1v) is 9.18. The fourth-order valence-corrected chi connectivity index (χ4v) is 2.90. The second kappa shape index (κ2) is 9.08. The average molecular weight is 378 g/mol. The minimum atomic E-state index is 0.609. The van der Waals surface area contributed by atoms with Crippen molar-refractivity contribution in [2.75, 3.05) is 24.9 Å². The van der Waals surface area contributed by atoms with E-state index in [0.717, 1.165) is 17.1 Å². The van der Waals surface area contributed by atoms with Crippen LogP contribution in [0.25, 0.3) is 0 Å². The van der Waals surface area contributed by atoms with Crippen molar-refractivity contribution in [1.82, 2.24) is 9.97 Å². The number of aryl methyl sites for hydroxylation is 2. The maximum atomic E-state index is 5.36. The van der Waals surface area contributed by atoms with Crippen LogP contribution in [0.15, 0.2) is 48.5 Å². The first-order chi connectivity index (χ1) is 13.6. The van der Waals surface area contributed by atoms with Crippen molar-refractivity contribution in [2.24, 2.45) is 0 Å². The van der Waals surface area contributed by atoms with Gasteiger partial charge in [-0.3, -0.25) is 0 Å². The van der Waals surface area contributed by atoms with Gasteiger partial charge in [0.15, 0.2) is 11.5 Å². The van der Waals surface area contributed by atoms with Gasteiger partial charge in [-0.15, -0.1) is 0 Å². The second-order valence-corrected chi connectivity index (χ2v) is 6.54. The monoisotopic (exact) mass is 378 g/mol. The molecule has 2 aromatic carbocycles. The second-order valence-electron chi connectivity index (χ2n) is 6.54. The normalized spacial score (nSPS) is 10.4. The highest BCUT2D eigenvalue weighted by Gasteiger charge is 2.06. The summed E-state index contributed by atoms with van der Waals surface area (Å²) in [4.78, 5) is 9.07. The van der Waals surface area contributed by atoms with Crippen molar-refractivity contribution in [3.8, 4) is 11.5 Å². The van der Waals surface area contributed by atoms with Crippen LogP contribution >= 0.6 is 0 Å². The number of ether oxygens (including phenoxy) is 2. The largest absolute Gasteiger partial charge is 0.493 e. The van der Waals surface area contributed by atoms with Crippen molar-refractivity contribution in [3.05, 3.63) is 70.9 Å². The van der Waals surface area contributed by atoms with Gasteiger partial charge in [0.1, 0.15) is 5.82 Å². The minimum Gasteiger partial charge on any atom is -0.493 e. The molecule has 0 aliphatic rings. The summed E-state index contributed by atoms with van der Waals surface area (Å²) in [5, 5.41) is 6.67. The molecule has 0 saturated heterocycles. The first kappa shape index (κ1) is 19.5. The Morgan fingerprint density at radius 3 is 2.36 bits per heavy atom. The van der Waals surface area contributed by atoms with Crippen LogP contribution < -0.4 is 20.1 Å². The van der Waals surface area contributed by atoms with E-state index in [1.54, 1.807) is 14.2 Å². The predicted octanol–water partition coefficient (Wildman–Crippen LogP) is 4.33. The summed E-state index contributed by atoms with van der Waals surface area (Å²) < 4.78 is 10.6. The zero-order valence-corrected chi connectivity index (χ0v) is 16.7. The standard InChI is InChI=1S/C22H26N4O2/c1-15-7-5-6-8-18(15)14-24-22-25-16(2)11-21(26-22)23-13-17-9-10-19(27-3)20(12-17)28-4/h5-12H,13-14H2,1-4H3,(H2,23,24,25,26). The summed E-state index contributed by atoms with van der Waals surface area (Å²) in [6.07, 6.45) is 0. The zero-order chi connectivity index (χ0) is 19.9. The van der Waals surface area contributed by atoms with Crippen molar-refractivity contribution in [2.45, 2.75) is 26.9 Å². The molecule has 0 aliphatic heterocycles. The average Bonchev–Trinajstić information content (AvgIpc) is 2.71. The van der Waals surface area contributed by atoms with Crippen LogP contribution in [-0.2, 0) is 13.1 Å². The molecule has 1 heterocycles. The van der Waals surface area contributed by atoms with E-state index < -0.39 is 0 Å². The Kier molecular flexibility index (Phi) is 6.32. The molecule has 0 amide bonds. The number of nitrogens with zero attached hydrogens (tertiary/aromatic N) is 2. The molecule has 2 N–H and O–H groups in total. The third kappa shape index (κ3) is 4.91. The lowest BCUT2D eigenvalue weighted by molar-refractivity contribution is 0.354. The molecule has 0 radical (unpaired) electrons.